The molecule has 1 N–H and O–H groups in total. The molecule has 1 saturated heterocycles. The Morgan fingerprint density at radius 2 is 2.40 bits per heavy atom. The first kappa shape index (κ1) is 15.7. The van der Waals surface area contributed by atoms with Crippen molar-refractivity contribution in [1.82, 2.24) is 5.32 Å². The minimum absolute atomic E-state index is 0.312. The van der Waals surface area contributed by atoms with Crippen LogP contribution in [0, 0.1) is 0 Å². The lowest BCUT2D eigenvalue weighted by Crippen LogP contribution is -2.46. The summed E-state index contributed by atoms with van der Waals surface area (Å²) in [4.78, 5) is 0. The van der Waals surface area contributed by atoms with Gasteiger partial charge in [-0.3, -0.25) is 0 Å². The molecule has 3 nitrogen and oxygen atoms in total. The van der Waals surface area contributed by atoms with Crippen molar-refractivity contribution >= 4 is 11.8 Å². The second-order valence-corrected chi connectivity index (χ2v) is 6.25. The van der Waals surface area contributed by atoms with E-state index in [9.17, 15) is 0 Å². The first-order chi connectivity index (χ1) is 9.83. The highest BCUT2D eigenvalue weighted by molar-refractivity contribution is 7.99. The van der Waals surface area contributed by atoms with Crippen LogP contribution in [0.2, 0.25) is 0 Å². The standard InChI is InChI=1S/C16H25NO2S/c1-3-7-17-15(16-12-20-9-8-19-16)11-13-5-4-6-14(10-13)18-2/h4-6,10,15-17H,3,7-9,11-12H2,1-2H3. The van der Waals surface area contributed by atoms with E-state index in [1.807, 2.05) is 17.8 Å². The summed E-state index contributed by atoms with van der Waals surface area (Å²) in [7, 11) is 1.72. The van der Waals surface area contributed by atoms with Crippen molar-refractivity contribution in [3.63, 3.8) is 0 Å². The maximum atomic E-state index is 5.95. The van der Waals surface area contributed by atoms with Crippen LogP contribution in [-0.2, 0) is 11.2 Å². The minimum Gasteiger partial charge on any atom is -0.497 e. The number of nitrogens with one attached hydrogen (secondary N) is 1. The zero-order chi connectivity index (χ0) is 14.2. The predicted octanol–water partition coefficient (Wildman–Crippen LogP) is 2.74. The van der Waals surface area contributed by atoms with Gasteiger partial charge in [0.25, 0.3) is 0 Å². The van der Waals surface area contributed by atoms with Crippen molar-refractivity contribution in [2.45, 2.75) is 31.9 Å². The Kier molecular flexibility index (Phi) is 6.70. The summed E-state index contributed by atoms with van der Waals surface area (Å²) in [6, 6.07) is 8.72. The molecular weight excluding hydrogens is 270 g/mol. The lowest BCUT2D eigenvalue weighted by Gasteiger charge is -2.31. The average Bonchev–Trinajstić information content (AvgIpc) is 2.52. The number of benzene rings is 1. The molecule has 0 spiro atoms. The number of hydrogen-bond acceptors (Lipinski definition) is 4. The van der Waals surface area contributed by atoms with Gasteiger partial charge in [-0.2, -0.15) is 11.8 Å². The molecule has 0 aromatic heterocycles. The van der Waals surface area contributed by atoms with Crippen LogP contribution in [0.4, 0.5) is 0 Å². The molecule has 0 bridgehead atoms. The van der Waals surface area contributed by atoms with Gasteiger partial charge in [0.05, 0.1) is 19.8 Å². The molecule has 0 saturated carbocycles. The highest BCUT2D eigenvalue weighted by atomic mass is 32.2. The second-order valence-electron chi connectivity index (χ2n) is 5.10. The Morgan fingerprint density at radius 3 is 3.10 bits per heavy atom. The van der Waals surface area contributed by atoms with Gasteiger partial charge in [-0.1, -0.05) is 19.1 Å². The lowest BCUT2D eigenvalue weighted by molar-refractivity contribution is 0.0472. The molecule has 2 atom stereocenters. The van der Waals surface area contributed by atoms with E-state index < -0.39 is 0 Å². The summed E-state index contributed by atoms with van der Waals surface area (Å²) in [6.07, 6.45) is 2.45. The molecule has 2 rings (SSSR count). The molecule has 0 aliphatic carbocycles. The number of rotatable bonds is 7. The monoisotopic (exact) mass is 295 g/mol. The molecule has 112 valence electrons. The summed E-state index contributed by atoms with van der Waals surface area (Å²) in [5.74, 6) is 3.14. The number of hydrogen-bond donors (Lipinski definition) is 1. The molecular formula is C16H25NO2S. The zero-order valence-electron chi connectivity index (χ0n) is 12.4. The minimum atomic E-state index is 0.312. The van der Waals surface area contributed by atoms with Gasteiger partial charge in [-0.25, -0.2) is 0 Å². The van der Waals surface area contributed by atoms with Crippen LogP contribution >= 0.6 is 11.8 Å². The molecule has 0 radical (unpaired) electrons. The Morgan fingerprint density at radius 1 is 1.50 bits per heavy atom. The Labute approximate surface area is 126 Å². The first-order valence-electron chi connectivity index (χ1n) is 7.39. The van der Waals surface area contributed by atoms with Crippen LogP contribution in [-0.4, -0.2) is 43.9 Å². The van der Waals surface area contributed by atoms with Crippen LogP contribution in [0.25, 0.3) is 0 Å². The number of thioether (sulfide) groups is 1. The summed E-state index contributed by atoms with van der Waals surface area (Å²) < 4.78 is 11.3. The third kappa shape index (κ3) is 4.69. The fourth-order valence-corrected chi connectivity index (χ4v) is 3.40. The highest BCUT2D eigenvalue weighted by Gasteiger charge is 2.24. The van der Waals surface area contributed by atoms with Crippen molar-refractivity contribution in [3.05, 3.63) is 29.8 Å². The molecule has 4 heteroatoms. The third-order valence-corrected chi connectivity index (χ3v) is 4.56. The van der Waals surface area contributed by atoms with E-state index >= 15 is 0 Å². The Hall–Kier alpha value is -0.710. The smallest absolute Gasteiger partial charge is 0.119 e. The van der Waals surface area contributed by atoms with Gasteiger partial charge in [0, 0.05) is 17.5 Å². The Balaban J connectivity index is 2.01. The topological polar surface area (TPSA) is 30.5 Å². The van der Waals surface area contributed by atoms with E-state index in [2.05, 4.69) is 30.4 Å². The van der Waals surface area contributed by atoms with Gasteiger partial charge in [0.15, 0.2) is 0 Å². The fourth-order valence-electron chi connectivity index (χ4n) is 2.46. The Bertz CT molecular complexity index is 394. The van der Waals surface area contributed by atoms with Crippen LogP contribution in [0.1, 0.15) is 18.9 Å². The first-order valence-corrected chi connectivity index (χ1v) is 8.54. The van der Waals surface area contributed by atoms with Crippen LogP contribution < -0.4 is 10.1 Å². The molecule has 1 aliphatic rings. The predicted molar refractivity (Wildman–Crippen MR) is 85.8 cm³/mol. The molecule has 1 fully saturated rings. The van der Waals surface area contributed by atoms with Crippen molar-refractivity contribution in [2.24, 2.45) is 0 Å². The molecule has 1 aromatic rings. The lowest BCUT2D eigenvalue weighted by atomic mass is 10.0. The fraction of sp³-hybridized carbons (Fsp3) is 0.625. The summed E-state index contributed by atoms with van der Waals surface area (Å²) >= 11 is 1.99. The van der Waals surface area contributed by atoms with Crippen molar-refractivity contribution < 1.29 is 9.47 Å². The van der Waals surface area contributed by atoms with Crippen LogP contribution in [0.15, 0.2) is 24.3 Å². The molecule has 1 aliphatic heterocycles. The van der Waals surface area contributed by atoms with Crippen LogP contribution in [0.5, 0.6) is 5.75 Å². The normalized spacial score (nSPS) is 20.6. The van der Waals surface area contributed by atoms with E-state index in [-0.39, 0.29) is 0 Å². The van der Waals surface area contributed by atoms with Crippen molar-refractivity contribution in [2.75, 3.05) is 31.8 Å². The van der Waals surface area contributed by atoms with E-state index in [1.165, 1.54) is 5.56 Å². The largest absolute Gasteiger partial charge is 0.497 e. The number of methoxy groups -OCH3 is 1. The zero-order valence-corrected chi connectivity index (χ0v) is 13.2. The maximum absolute atomic E-state index is 5.95. The van der Waals surface area contributed by atoms with E-state index in [1.54, 1.807) is 7.11 Å². The molecule has 1 heterocycles. The van der Waals surface area contributed by atoms with Gasteiger partial charge in [-0.05, 0) is 37.1 Å². The van der Waals surface area contributed by atoms with Gasteiger partial charge in [0.1, 0.15) is 5.75 Å². The molecule has 2 unspecified atom stereocenters. The quantitative estimate of drug-likeness (QED) is 0.838. The SMILES string of the molecule is CCCNC(Cc1cccc(OC)c1)C1CSCCO1. The summed E-state index contributed by atoms with van der Waals surface area (Å²) in [6.45, 7) is 4.11. The van der Waals surface area contributed by atoms with Gasteiger partial charge >= 0.3 is 0 Å². The third-order valence-electron chi connectivity index (χ3n) is 3.54. The van der Waals surface area contributed by atoms with E-state index in [4.69, 9.17) is 9.47 Å². The highest BCUT2D eigenvalue weighted by Crippen LogP contribution is 2.20. The van der Waals surface area contributed by atoms with Crippen molar-refractivity contribution in [1.29, 1.82) is 0 Å². The van der Waals surface area contributed by atoms with Gasteiger partial charge < -0.3 is 14.8 Å². The maximum Gasteiger partial charge on any atom is 0.119 e. The molecule has 20 heavy (non-hydrogen) atoms. The molecule has 0 amide bonds. The van der Waals surface area contributed by atoms with Crippen LogP contribution in [0.3, 0.4) is 0 Å². The van der Waals surface area contributed by atoms with Gasteiger partial charge in [0.2, 0.25) is 0 Å². The van der Waals surface area contributed by atoms with E-state index in [0.717, 1.165) is 43.2 Å². The summed E-state index contributed by atoms with van der Waals surface area (Å²) in [5.41, 5.74) is 1.30. The van der Waals surface area contributed by atoms with Gasteiger partial charge in [-0.15, -0.1) is 0 Å². The van der Waals surface area contributed by atoms with Crippen molar-refractivity contribution in [3.8, 4) is 5.75 Å². The molecule has 1 aromatic carbocycles. The number of ether oxygens (including phenoxy) is 2. The van der Waals surface area contributed by atoms with E-state index in [0.29, 0.717) is 12.1 Å². The summed E-state index contributed by atoms with van der Waals surface area (Å²) in [5, 5.41) is 3.65. The second kappa shape index (κ2) is 8.55. The average molecular weight is 295 g/mol.